The van der Waals surface area contributed by atoms with Crippen molar-refractivity contribution in [3.8, 4) is 0 Å². The first kappa shape index (κ1) is 15.7. The summed E-state index contributed by atoms with van der Waals surface area (Å²) < 4.78 is 5.05. The van der Waals surface area contributed by atoms with Crippen LogP contribution in [0, 0.1) is 0 Å². The Bertz CT molecular complexity index is 629. The Morgan fingerprint density at radius 2 is 2.05 bits per heavy atom. The largest absolute Gasteiger partial charge is 0.463 e. The summed E-state index contributed by atoms with van der Waals surface area (Å²) >= 11 is 11.9. The van der Waals surface area contributed by atoms with E-state index in [1.165, 1.54) is 0 Å². The minimum absolute atomic E-state index is 0.248. The highest BCUT2D eigenvalue weighted by molar-refractivity contribution is 6.42. The highest BCUT2D eigenvalue weighted by Crippen LogP contribution is 2.31. The normalized spacial score (nSPS) is 18.1. The van der Waals surface area contributed by atoms with Gasteiger partial charge in [-0.1, -0.05) is 29.3 Å². The molecule has 1 atom stereocenters. The van der Waals surface area contributed by atoms with Crippen molar-refractivity contribution in [3.63, 3.8) is 0 Å². The van der Waals surface area contributed by atoms with Crippen LogP contribution in [0.1, 0.15) is 25.5 Å². The van der Waals surface area contributed by atoms with Crippen LogP contribution in [0.25, 0.3) is 0 Å². The molecular weight excluding hydrogens is 315 g/mol. The van der Waals surface area contributed by atoms with Gasteiger partial charge in [0.2, 0.25) is 0 Å². The van der Waals surface area contributed by atoms with E-state index in [0.717, 1.165) is 0 Å². The van der Waals surface area contributed by atoms with E-state index in [1.807, 2.05) is 0 Å². The third-order valence-corrected chi connectivity index (χ3v) is 3.78. The van der Waals surface area contributed by atoms with E-state index in [4.69, 9.17) is 27.9 Å². The van der Waals surface area contributed by atoms with Gasteiger partial charge in [-0.25, -0.2) is 9.59 Å². The summed E-state index contributed by atoms with van der Waals surface area (Å²) in [5.41, 5.74) is 1.45. The molecule has 1 aliphatic rings. The quantitative estimate of drug-likeness (QED) is 0.837. The third-order valence-electron chi connectivity index (χ3n) is 3.04. The molecule has 2 N–H and O–H groups in total. The Morgan fingerprint density at radius 1 is 1.33 bits per heavy atom. The second-order valence-electron chi connectivity index (χ2n) is 4.46. The number of amides is 2. The lowest BCUT2D eigenvalue weighted by Crippen LogP contribution is -2.45. The first-order valence-electron chi connectivity index (χ1n) is 6.34. The van der Waals surface area contributed by atoms with Gasteiger partial charge in [0, 0.05) is 5.70 Å². The van der Waals surface area contributed by atoms with Crippen LogP contribution in [0.2, 0.25) is 10.0 Å². The van der Waals surface area contributed by atoms with Gasteiger partial charge in [0.05, 0.1) is 28.3 Å². The number of benzene rings is 1. The molecule has 112 valence electrons. The fourth-order valence-electron chi connectivity index (χ4n) is 2.12. The van der Waals surface area contributed by atoms with Crippen molar-refractivity contribution >= 4 is 35.2 Å². The summed E-state index contributed by atoms with van der Waals surface area (Å²) in [6, 6.07) is 3.92. The third kappa shape index (κ3) is 3.31. The molecule has 0 spiro atoms. The molecule has 7 heteroatoms. The maximum Gasteiger partial charge on any atom is 0.338 e. The summed E-state index contributed by atoms with van der Waals surface area (Å²) in [7, 11) is 0. The lowest BCUT2D eigenvalue weighted by molar-refractivity contribution is -0.139. The number of nitrogens with one attached hydrogen (secondary N) is 2. The highest BCUT2D eigenvalue weighted by Gasteiger charge is 2.32. The maximum absolute atomic E-state index is 12.1. The van der Waals surface area contributed by atoms with Gasteiger partial charge in [0.15, 0.2) is 0 Å². The number of carbonyl (C=O) groups is 2. The van der Waals surface area contributed by atoms with Crippen LogP contribution in [0.15, 0.2) is 29.5 Å². The van der Waals surface area contributed by atoms with Gasteiger partial charge in [-0.05, 0) is 31.5 Å². The second kappa shape index (κ2) is 6.37. The molecular formula is C14H14Cl2N2O3. The number of carbonyl (C=O) groups excluding carboxylic acids is 2. The Morgan fingerprint density at radius 3 is 2.67 bits per heavy atom. The fraction of sp³-hybridized carbons (Fsp3) is 0.286. The van der Waals surface area contributed by atoms with Gasteiger partial charge >= 0.3 is 12.0 Å². The maximum atomic E-state index is 12.1. The van der Waals surface area contributed by atoms with Crippen molar-refractivity contribution < 1.29 is 14.3 Å². The Kier molecular flexibility index (Phi) is 4.75. The van der Waals surface area contributed by atoms with Crippen LogP contribution in [0.5, 0.6) is 0 Å². The number of rotatable bonds is 3. The predicted molar refractivity (Wildman–Crippen MR) is 80.2 cm³/mol. The predicted octanol–water partition coefficient (Wildman–Crippen LogP) is 3.18. The summed E-state index contributed by atoms with van der Waals surface area (Å²) in [4.78, 5) is 23.8. The summed E-state index contributed by atoms with van der Waals surface area (Å²) in [5, 5.41) is 6.00. The van der Waals surface area contributed by atoms with E-state index < -0.39 is 18.0 Å². The Labute approximate surface area is 132 Å². The smallest absolute Gasteiger partial charge is 0.338 e. The second-order valence-corrected chi connectivity index (χ2v) is 5.28. The van der Waals surface area contributed by atoms with E-state index in [2.05, 4.69) is 10.6 Å². The molecule has 1 aromatic rings. The fourth-order valence-corrected chi connectivity index (χ4v) is 2.42. The molecule has 1 heterocycles. The van der Waals surface area contributed by atoms with Gasteiger partial charge in [-0.3, -0.25) is 0 Å². The van der Waals surface area contributed by atoms with Crippen molar-refractivity contribution in [1.82, 2.24) is 10.6 Å². The SMILES string of the molecule is CCOC(=O)C1=C(C)NC(=O)NC1c1ccc(Cl)c(Cl)c1. The lowest BCUT2D eigenvalue weighted by Gasteiger charge is -2.28. The number of hydrogen-bond acceptors (Lipinski definition) is 3. The molecule has 0 aromatic heterocycles. The molecule has 1 aromatic carbocycles. The zero-order chi connectivity index (χ0) is 15.6. The standard InChI is InChI=1S/C14H14Cl2N2O3/c1-3-21-13(19)11-7(2)17-14(20)18-12(11)8-4-5-9(15)10(16)6-8/h4-6,12H,3H2,1-2H3,(H2,17,18,20). The first-order valence-corrected chi connectivity index (χ1v) is 7.10. The van der Waals surface area contributed by atoms with Gasteiger partial charge in [0.1, 0.15) is 0 Å². The molecule has 0 saturated carbocycles. The number of allylic oxidation sites excluding steroid dienone is 1. The van der Waals surface area contributed by atoms with Crippen molar-refractivity contribution in [2.24, 2.45) is 0 Å². The average Bonchev–Trinajstić information content (AvgIpc) is 2.41. The average molecular weight is 329 g/mol. The molecule has 21 heavy (non-hydrogen) atoms. The minimum atomic E-state index is -0.632. The van der Waals surface area contributed by atoms with Crippen molar-refractivity contribution in [2.75, 3.05) is 6.61 Å². The molecule has 1 unspecified atom stereocenters. The first-order chi connectivity index (χ1) is 9.93. The molecule has 2 rings (SSSR count). The number of esters is 1. The van der Waals surface area contributed by atoms with E-state index >= 15 is 0 Å². The van der Waals surface area contributed by atoms with Crippen LogP contribution in [-0.2, 0) is 9.53 Å². The summed E-state index contributed by atoms with van der Waals surface area (Å²) in [6.45, 7) is 3.62. The molecule has 0 fully saturated rings. The monoisotopic (exact) mass is 328 g/mol. The van der Waals surface area contributed by atoms with Crippen molar-refractivity contribution in [1.29, 1.82) is 0 Å². The number of hydrogen-bond donors (Lipinski definition) is 2. The molecule has 0 bridgehead atoms. The zero-order valence-electron chi connectivity index (χ0n) is 11.5. The number of ether oxygens (including phenoxy) is 1. The van der Waals surface area contributed by atoms with Crippen LogP contribution in [0.3, 0.4) is 0 Å². The molecule has 2 amide bonds. The van der Waals surface area contributed by atoms with Gasteiger partial charge < -0.3 is 15.4 Å². The van der Waals surface area contributed by atoms with Crippen LogP contribution < -0.4 is 10.6 Å². The minimum Gasteiger partial charge on any atom is -0.463 e. The van der Waals surface area contributed by atoms with Gasteiger partial charge in [-0.15, -0.1) is 0 Å². The van der Waals surface area contributed by atoms with Crippen LogP contribution in [-0.4, -0.2) is 18.6 Å². The van der Waals surface area contributed by atoms with Crippen molar-refractivity contribution in [3.05, 3.63) is 45.1 Å². The van der Waals surface area contributed by atoms with E-state index in [9.17, 15) is 9.59 Å². The van der Waals surface area contributed by atoms with E-state index in [1.54, 1.807) is 32.0 Å². The van der Waals surface area contributed by atoms with Crippen LogP contribution in [0.4, 0.5) is 4.79 Å². The summed E-state index contributed by atoms with van der Waals surface area (Å²) in [5.74, 6) is -0.487. The number of urea groups is 1. The van der Waals surface area contributed by atoms with Gasteiger partial charge in [0.25, 0.3) is 0 Å². The highest BCUT2D eigenvalue weighted by atomic mass is 35.5. The molecule has 0 radical (unpaired) electrons. The topological polar surface area (TPSA) is 67.4 Å². The Hall–Kier alpha value is -1.72. The number of halogens is 2. The molecule has 1 aliphatic heterocycles. The zero-order valence-corrected chi connectivity index (χ0v) is 13.0. The lowest BCUT2D eigenvalue weighted by atomic mass is 9.95. The van der Waals surface area contributed by atoms with Crippen molar-refractivity contribution in [2.45, 2.75) is 19.9 Å². The molecule has 5 nitrogen and oxygen atoms in total. The van der Waals surface area contributed by atoms with Crippen LogP contribution >= 0.6 is 23.2 Å². The van der Waals surface area contributed by atoms with E-state index in [-0.39, 0.29) is 6.61 Å². The van der Waals surface area contributed by atoms with E-state index in [0.29, 0.717) is 26.9 Å². The molecule has 0 aliphatic carbocycles. The molecule has 0 saturated heterocycles. The Balaban J connectivity index is 2.46. The van der Waals surface area contributed by atoms with Gasteiger partial charge in [-0.2, -0.15) is 0 Å². The summed E-state index contributed by atoms with van der Waals surface area (Å²) in [6.07, 6.45) is 0.